The Morgan fingerprint density at radius 2 is 2.20 bits per heavy atom. The summed E-state index contributed by atoms with van der Waals surface area (Å²) in [7, 11) is 1.64. The molecular formula is C16H23NO3. The third kappa shape index (κ3) is 6.95. The highest BCUT2D eigenvalue weighted by molar-refractivity contribution is 5.76. The van der Waals surface area contributed by atoms with E-state index in [-0.39, 0.29) is 5.91 Å². The molecule has 0 atom stereocenters. The van der Waals surface area contributed by atoms with E-state index in [1.54, 1.807) is 7.11 Å². The number of hydrogen-bond donors (Lipinski definition) is 1. The molecule has 1 aromatic rings. The Bertz CT molecular complexity index is 443. The van der Waals surface area contributed by atoms with E-state index in [9.17, 15) is 4.79 Å². The van der Waals surface area contributed by atoms with Gasteiger partial charge in [-0.2, -0.15) is 0 Å². The number of amides is 1. The van der Waals surface area contributed by atoms with E-state index < -0.39 is 0 Å². The second-order valence-corrected chi connectivity index (χ2v) is 4.71. The first-order valence-corrected chi connectivity index (χ1v) is 6.73. The predicted molar refractivity (Wildman–Crippen MR) is 80.0 cm³/mol. The Hall–Kier alpha value is -1.81. The Labute approximate surface area is 120 Å². The lowest BCUT2D eigenvalue weighted by Gasteiger charge is -2.07. The smallest absolute Gasteiger partial charge is 0.220 e. The van der Waals surface area contributed by atoms with Crippen LogP contribution in [0.1, 0.15) is 18.9 Å². The molecule has 0 bridgehead atoms. The Kier molecular flexibility index (Phi) is 7.43. The predicted octanol–water partition coefficient (Wildman–Crippen LogP) is 2.34. The van der Waals surface area contributed by atoms with E-state index in [1.807, 2.05) is 31.2 Å². The van der Waals surface area contributed by atoms with E-state index in [0.29, 0.717) is 32.6 Å². The molecule has 1 aromatic carbocycles. The zero-order chi connectivity index (χ0) is 14.8. The van der Waals surface area contributed by atoms with Crippen LogP contribution in [0.3, 0.4) is 0 Å². The van der Waals surface area contributed by atoms with Crippen LogP contribution in [-0.2, 0) is 16.0 Å². The van der Waals surface area contributed by atoms with Crippen molar-refractivity contribution in [2.75, 3.05) is 26.9 Å². The molecule has 4 nitrogen and oxygen atoms in total. The SMILES string of the molecule is C=C(C)COCCNC(=O)CCc1cccc(OC)c1. The second kappa shape index (κ2) is 9.15. The van der Waals surface area contributed by atoms with Crippen LogP contribution in [0.25, 0.3) is 0 Å². The van der Waals surface area contributed by atoms with E-state index >= 15 is 0 Å². The van der Waals surface area contributed by atoms with Gasteiger partial charge in [0.2, 0.25) is 5.91 Å². The maximum Gasteiger partial charge on any atom is 0.220 e. The first kappa shape index (κ1) is 16.2. The van der Waals surface area contributed by atoms with Crippen LogP contribution in [0.2, 0.25) is 0 Å². The number of aryl methyl sites for hydroxylation is 1. The fraction of sp³-hybridized carbons (Fsp3) is 0.438. The molecule has 0 radical (unpaired) electrons. The first-order valence-electron chi connectivity index (χ1n) is 6.73. The van der Waals surface area contributed by atoms with Crippen LogP contribution < -0.4 is 10.1 Å². The second-order valence-electron chi connectivity index (χ2n) is 4.71. The van der Waals surface area contributed by atoms with Gasteiger partial charge in [-0.25, -0.2) is 0 Å². The summed E-state index contributed by atoms with van der Waals surface area (Å²) in [5, 5.41) is 2.83. The molecule has 0 heterocycles. The number of carbonyl (C=O) groups excluding carboxylic acids is 1. The molecule has 0 spiro atoms. The average Bonchev–Trinajstić information content (AvgIpc) is 2.44. The minimum Gasteiger partial charge on any atom is -0.497 e. The highest BCUT2D eigenvalue weighted by Gasteiger charge is 2.02. The van der Waals surface area contributed by atoms with Gasteiger partial charge in [-0.3, -0.25) is 4.79 Å². The van der Waals surface area contributed by atoms with Gasteiger partial charge in [0, 0.05) is 13.0 Å². The quantitative estimate of drug-likeness (QED) is 0.557. The molecule has 0 aromatic heterocycles. The van der Waals surface area contributed by atoms with Gasteiger partial charge in [-0.15, -0.1) is 0 Å². The Morgan fingerprint density at radius 1 is 1.40 bits per heavy atom. The number of nitrogens with one attached hydrogen (secondary N) is 1. The van der Waals surface area contributed by atoms with Crippen molar-refractivity contribution in [3.63, 3.8) is 0 Å². The standard InChI is InChI=1S/C16H23NO3/c1-13(2)12-20-10-9-17-16(18)8-7-14-5-4-6-15(11-14)19-3/h4-6,11H,1,7-10,12H2,2-3H3,(H,17,18). The topological polar surface area (TPSA) is 47.6 Å². The largest absolute Gasteiger partial charge is 0.497 e. The van der Waals surface area contributed by atoms with Crippen molar-refractivity contribution in [3.8, 4) is 5.75 Å². The molecule has 0 aliphatic carbocycles. The van der Waals surface area contributed by atoms with Gasteiger partial charge in [-0.1, -0.05) is 24.3 Å². The van der Waals surface area contributed by atoms with Crippen LogP contribution in [0, 0.1) is 0 Å². The van der Waals surface area contributed by atoms with Gasteiger partial charge in [-0.05, 0) is 31.0 Å². The van der Waals surface area contributed by atoms with Crippen LogP contribution in [0.5, 0.6) is 5.75 Å². The highest BCUT2D eigenvalue weighted by atomic mass is 16.5. The van der Waals surface area contributed by atoms with Gasteiger partial charge in [0.15, 0.2) is 0 Å². The summed E-state index contributed by atoms with van der Waals surface area (Å²) >= 11 is 0. The normalized spacial score (nSPS) is 10.1. The molecular weight excluding hydrogens is 254 g/mol. The Balaban J connectivity index is 2.17. The number of hydrogen-bond acceptors (Lipinski definition) is 3. The van der Waals surface area contributed by atoms with E-state index in [1.165, 1.54) is 0 Å². The van der Waals surface area contributed by atoms with Crippen molar-refractivity contribution in [2.45, 2.75) is 19.8 Å². The van der Waals surface area contributed by atoms with Crippen molar-refractivity contribution in [1.29, 1.82) is 0 Å². The summed E-state index contributed by atoms with van der Waals surface area (Å²) in [6.07, 6.45) is 1.17. The first-order chi connectivity index (χ1) is 9.61. The van der Waals surface area contributed by atoms with Crippen molar-refractivity contribution < 1.29 is 14.3 Å². The molecule has 0 saturated carbocycles. The molecule has 0 unspecified atom stereocenters. The maximum absolute atomic E-state index is 11.7. The Morgan fingerprint density at radius 3 is 2.90 bits per heavy atom. The lowest BCUT2D eigenvalue weighted by atomic mass is 10.1. The molecule has 110 valence electrons. The van der Waals surface area contributed by atoms with Crippen LogP contribution in [-0.4, -0.2) is 32.8 Å². The molecule has 1 N–H and O–H groups in total. The summed E-state index contributed by atoms with van der Waals surface area (Å²) in [4.78, 5) is 11.7. The minimum atomic E-state index is 0.0340. The molecule has 1 rings (SSSR count). The molecule has 1 amide bonds. The van der Waals surface area contributed by atoms with Gasteiger partial charge in [0.25, 0.3) is 0 Å². The minimum absolute atomic E-state index is 0.0340. The van der Waals surface area contributed by atoms with Gasteiger partial charge < -0.3 is 14.8 Å². The molecule has 0 fully saturated rings. The number of rotatable bonds is 9. The molecule has 0 aliphatic heterocycles. The fourth-order valence-electron chi connectivity index (χ4n) is 1.68. The van der Waals surface area contributed by atoms with Gasteiger partial charge >= 0.3 is 0 Å². The summed E-state index contributed by atoms with van der Waals surface area (Å²) in [6, 6.07) is 7.76. The lowest BCUT2D eigenvalue weighted by Crippen LogP contribution is -2.27. The van der Waals surface area contributed by atoms with Crippen LogP contribution in [0.4, 0.5) is 0 Å². The zero-order valence-corrected chi connectivity index (χ0v) is 12.3. The highest BCUT2D eigenvalue weighted by Crippen LogP contribution is 2.13. The van der Waals surface area contributed by atoms with Gasteiger partial charge in [0.1, 0.15) is 5.75 Å². The molecule has 0 aliphatic rings. The number of methoxy groups -OCH3 is 1. The number of carbonyl (C=O) groups is 1. The third-order valence-corrected chi connectivity index (χ3v) is 2.69. The monoisotopic (exact) mass is 277 g/mol. The average molecular weight is 277 g/mol. The summed E-state index contributed by atoms with van der Waals surface area (Å²) < 4.78 is 10.5. The summed E-state index contributed by atoms with van der Waals surface area (Å²) in [5.41, 5.74) is 2.08. The van der Waals surface area contributed by atoms with Crippen molar-refractivity contribution in [2.24, 2.45) is 0 Å². The van der Waals surface area contributed by atoms with Crippen molar-refractivity contribution in [3.05, 3.63) is 42.0 Å². The van der Waals surface area contributed by atoms with Gasteiger partial charge in [0.05, 0.1) is 20.3 Å². The van der Waals surface area contributed by atoms with E-state index in [2.05, 4.69) is 11.9 Å². The fourth-order valence-corrected chi connectivity index (χ4v) is 1.68. The summed E-state index contributed by atoms with van der Waals surface area (Å²) in [6.45, 7) is 7.24. The molecule has 0 saturated heterocycles. The maximum atomic E-state index is 11.7. The van der Waals surface area contributed by atoms with Crippen molar-refractivity contribution in [1.82, 2.24) is 5.32 Å². The van der Waals surface area contributed by atoms with E-state index in [0.717, 1.165) is 16.9 Å². The summed E-state index contributed by atoms with van der Waals surface area (Å²) in [5.74, 6) is 0.850. The molecule has 20 heavy (non-hydrogen) atoms. The van der Waals surface area contributed by atoms with Crippen molar-refractivity contribution >= 4 is 5.91 Å². The number of benzene rings is 1. The third-order valence-electron chi connectivity index (χ3n) is 2.69. The van der Waals surface area contributed by atoms with E-state index in [4.69, 9.17) is 9.47 Å². The number of ether oxygens (including phenoxy) is 2. The molecule has 4 heteroatoms. The zero-order valence-electron chi connectivity index (χ0n) is 12.3. The van der Waals surface area contributed by atoms with Crippen LogP contribution >= 0.6 is 0 Å². The lowest BCUT2D eigenvalue weighted by molar-refractivity contribution is -0.121. The van der Waals surface area contributed by atoms with Crippen LogP contribution in [0.15, 0.2) is 36.4 Å².